The van der Waals surface area contributed by atoms with Crippen LogP contribution in [0.3, 0.4) is 0 Å². The van der Waals surface area contributed by atoms with Gasteiger partial charge < -0.3 is 10.2 Å². The molecule has 142 valence electrons. The van der Waals surface area contributed by atoms with Crippen molar-refractivity contribution in [2.45, 2.75) is 5.92 Å². The van der Waals surface area contributed by atoms with Crippen LogP contribution < -0.4 is 5.32 Å². The first-order valence-corrected chi connectivity index (χ1v) is 8.78. The molecular weight excluding hydrogens is 388 g/mol. The van der Waals surface area contributed by atoms with Crippen molar-refractivity contribution in [2.24, 2.45) is 0 Å². The molecule has 9 heteroatoms. The number of benzene rings is 1. The quantitative estimate of drug-likeness (QED) is 0.531. The molecule has 0 atom stereocenters. The Morgan fingerprint density at radius 1 is 1.29 bits per heavy atom. The maximum absolute atomic E-state index is 14.2. The minimum Gasteiger partial charge on any atom is -0.338 e. The number of anilines is 2. The van der Waals surface area contributed by atoms with Gasteiger partial charge in [-0.2, -0.15) is 0 Å². The van der Waals surface area contributed by atoms with Gasteiger partial charge in [0.05, 0.1) is 17.4 Å². The summed E-state index contributed by atoms with van der Waals surface area (Å²) in [5.74, 6) is -1.44. The van der Waals surface area contributed by atoms with Gasteiger partial charge in [0.25, 0.3) is 0 Å². The molecule has 1 aliphatic heterocycles. The lowest BCUT2D eigenvalue weighted by molar-refractivity contribution is -0.130. The van der Waals surface area contributed by atoms with E-state index in [0.29, 0.717) is 29.8 Å². The fourth-order valence-electron chi connectivity index (χ4n) is 3.02. The minimum absolute atomic E-state index is 0.00355. The second-order valence-corrected chi connectivity index (χ2v) is 6.72. The van der Waals surface area contributed by atoms with Gasteiger partial charge in [-0.15, -0.1) is 0 Å². The van der Waals surface area contributed by atoms with Gasteiger partial charge >= 0.3 is 0 Å². The number of nitrogens with one attached hydrogen (secondary N) is 1. The van der Waals surface area contributed by atoms with E-state index in [1.807, 2.05) is 0 Å². The Morgan fingerprint density at radius 3 is 2.82 bits per heavy atom. The van der Waals surface area contributed by atoms with E-state index in [0.717, 1.165) is 11.8 Å². The summed E-state index contributed by atoms with van der Waals surface area (Å²) in [7, 11) is 0. The van der Waals surface area contributed by atoms with E-state index >= 15 is 0 Å². The zero-order valence-electron chi connectivity index (χ0n) is 14.5. The van der Waals surface area contributed by atoms with Gasteiger partial charge in [-0.1, -0.05) is 18.2 Å². The lowest BCUT2D eigenvalue weighted by atomic mass is 9.95. The summed E-state index contributed by atoms with van der Waals surface area (Å²) in [6, 6.07) is 4.13. The number of rotatable bonds is 4. The standard InChI is InChI=1S/C19H14ClF2N5O/c1-2-16(28)27-7-10(8-27)14-5-11-15(6-23-14)24-9-25-19(11)26-13-4-3-12(21)17(20)18(13)22/h2-6,9-10H,1,7-8H2,(H,24,25,26). The molecule has 3 heterocycles. The molecule has 2 aromatic heterocycles. The third-order valence-corrected chi connectivity index (χ3v) is 4.96. The van der Waals surface area contributed by atoms with Gasteiger partial charge in [-0.05, 0) is 24.3 Å². The molecule has 3 aromatic rings. The Labute approximate surface area is 163 Å². The summed E-state index contributed by atoms with van der Waals surface area (Å²) < 4.78 is 27.6. The van der Waals surface area contributed by atoms with E-state index in [-0.39, 0.29) is 17.5 Å². The van der Waals surface area contributed by atoms with Crippen molar-refractivity contribution < 1.29 is 13.6 Å². The Kier molecular flexibility index (Phi) is 4.64. The number of halogens is 3. The molecule has 0 unspecified atom stereocenters. The molecule has 0 saturated carbocycles. The molecule has 0 bridgehead atoms. The van der Waals surface area contributed by atoms with E-state index in [4.69, 9.17) is 11.6 Å². The number of hydrogen-bond acceptors (Lipinski definition) is 5. The molecule has 1 fully saturated rings. The molecule has 6 nitrogen and oxygen atoms in total. The molecule has 28 heavy (non-hydrogen) atoms. The topological polar surface area (TPSA) is 71.0 Å². The highest BCUT2D eigenvalue weighted by atomic mass is 35.5. The van der Waals surface area contributed by atoms with Crippen LogP contribution in [-0.2, 0) is 4.79 Å². The maximum Gasteiger partial charge on any atom is 0.245 e. The molecule has 0 aliphatic carbocycles. The van der Waals surface area contributed by atoms with Crippen molar-refractivity contribution in [1.29, 1.82) is 0 Å². The molecule has 0 spiro atoms. The maximum atomic E-state index is 14.2. The van der Waals surface area contributed by atoms with Crippen LogP contribution in [0.25, 0.3) is 10.9 Å². The number of hydrogen-bond donors (Lipinski definition) is 1. The monoisotopic (exact) mass is 401 g/mol. The summed E-state index contributed by atoms with van der Waals surface area (Å²) in [5.41, 5.74) is 1.33. The van der Waals surface area contributed by atoms with E-state index in [1.165, 1.54) is 18.5 Å². The van der Waals surface area contributed by atoms with Crippen LogP contribution in [0.4, 0.5) is 20.3 Å². The molecule has 0 radical (unpaired) electrons. The van der Waals surface area contributed by atoms with E-state index in [1.54, 1.807) is 17.2 Å². The smallest absolute Gasteiger partial charge is 0.245 e. The first-order valence-electron chi connectivity index (χ1n) is 8.40. The molecule has 1 saturated heterocycles. The Morgan fingerprint density at radius 2 is 2.07 bits per heavy atom. The molecule has 1 amide bonds. The zero-order valence-corrected chi connectivity index (χ0v) is 15.2. The summed E-state index contributed by atoms with van der Waals surface area (Å²) in [4.78, 5) is 26.0. The number of nitrogens with zero attached hydrogens (tertiary/aromatic N) is 4. The predicted octanol–water partition coefficient (Wildman–Crippen LogP) is 3.81. The molecule has 1 N–H and O–H groups in total. The molecule has 4 rings (SSSR count). The number of likely N-dealkylation sites (tertiary alicyclic amines) is 1. The van der Waals surface area contributed by atoms with Crippen LogP contribution in [-0.4, -0.2) is 38.8 Å². The van der Waals surface area contributed by atoms with E-state index in [9.17, 15) is 13.6 Å². The number of pyridine rings is 1. The largest absolute Gasteiger partial charge is 0.338 e. The average molecular weight is 402 g/mol. The third kappa shape index (κ3) is 3.16. The lowest BCUT2D eigenvalue weighted by Crippen LogP contribution is -2.48. The second kappa shape index (κ2) is 7.12. The van der Waals surface area contributed by atoms with E-state index < -0.39 is 16.7 Å². The summed E-state index contributed by atoms with van der Waals surface area (Å²) in [6.07, 6.45) is 4.20. The van der Waals surface area contributed by atoms with Crippen LogP contribution >= 0.6 is 11.6 Å². The number of fused-ring (bicyclic) bond motifs is 1. The Bertz CT molecular complexity index is 1100. The third-order valence-electron chi connectivity index (χ3n) is 4.62. The Hall–Kier alpha value is -3.13. The molecular formula is C19H14ClF2N5O. The number of carbonyl (C=O) groups is 1. The van der Waals surface area contributed by atoms with Crippen molar-refractivity contribution in [3.63, 3.8) is 0 Å². The van der Waals surface area contributed by atoms with E-state index in [2.05, 4.69) is 26.8 Å². The second-order valence-electron chi connectivity index (χ2n) is 6.34. The fraction of sp³-hybridized carbons (Fsp3) is 0.158. The van der Waals surface area contributed by atoms with Crippen molar-refractivity contribution >= 4 is 39.9 Å². The number of carbonyl (C=O) groups excluding carboxylic acids is 1. The predicted molar refractivity (Wildman–Crippen MR) is 102 cm³/mol. The summed E-state index contributed by atoms with van der Waals surface area (Å²) in [6.45, 7) is 4.56. The summed E-state index contributed by atoms with van der Waals surface area (Å²) in [5, 5.41) is 2.87. The average Bonchev–Trinajstić information content (AvgIpc) is 2.67. The van der Waals surface area contributed by atoms with Crippen LogP contribution in [0.5, 0.6) is 0 Å². The van der Waals surface area contributed by atoms with Crippen LogP contribution in [0.1, 0.15) is 11.6 Å². The van der Waals surface area contributed by atoms with Gasteiger partial charge in [0.2, 0.25) is 5.91 Å². The SMILES string of the molecule is C=CC(=O)N1CC(c2cc3c(Nc4ccc(F)c(Cl)c4F)ncnc3cn2)C1. The molecule has 1 aliphatic rings. The van der Waals surface area contributed by atoms with Crippen molar-refractivity contribution in [1.82, 2.24) is 19.9 Å². The molecule has 1 aromatic carbocycles. The first-order chi connectivity index (χ1) is 13.5. The zero-order chi connectivity index (χ0) is 19.8. The first kappa shape index (κ1) is 18.2. The van der Waals surface area contributed by atoms with Crippen LogP contribution in [0, 0.1) is 11.6 Å². The van der Waals surface area contributed by atoms with Crippen molar-refractivity contribution in [2.75, 3.05) is 18.4 Å². The van der Waals surface area contributed by atoms with Crippen molar-refractivity contribution in [3.05, 3.63) is 65.7 Å². The van der Waals surface area contributed by atoms with Crippen LogP contribution in [0.15, 0.2) is 43.4 Å². The minimum atomic E-state index is -0.903. The Balaban J connectivity index is 1.66. The van der Waals surface area contributed by atoms with Gasteiger partial charge in [-0.25, -0.2) is 18.7 Å². The van der Waals surface area contributed by atoms with Gasteiger partial charge in [0, 0.05) is 30.1 Å². The normalized spacial score (nSPS) is 14.0. The highest BCUT2D eigenvalue weighted by Gasteiger charge is 2.31. The highest BCUT2D eigenvalue weighted by Crippen LogP contribution is 2.32. The fourth-order valence-corrected chi connectivity index (χ4v) is 3.19. The lowest BCUT2D eigenvalue weighted by Gasteiger charge is -2.38. The van der Waals surface area contributed by atoms with Crippen LogP contribution in [0.2, 0.25) is 5.02 Å². The summed E-state index contributed by atoms with van der Waals surface area (Å²) >= 11 is 5.64. The van der Waals surface area contributed by atoms with Gasteiger partial charge in [-0.3, -0.25) is 9.78 Å². The highest BCUT2D eigenvalue weighted by molar-refractivity contribution is 6.31. The number of amides is 1. The van der Waals surface area contributed by atoms with Gasteiger partial charge in [0.1, 0.15) is 23.0 Å². The van der Waals surface area contributed by atoms with Crippen molar-refractivity contribution in [3.8, 4) is 0 Å². The number of aromatic nitrogens is 3. The van der Waals surface area contributed by atoms with Gasteiger partial charge in [0.15, 0.2) is 5.82 Å².